The van der Waals surface area contributed by atoms with Gasteiger partial charge in [0.15, 0.2) is 10.7 Å². The van der Waals surface area contributed by atoms with E-state index in [0.29, 0.717) is 24.9 Å². The second-order valence-electron chi connectivity index (χ2n) is 9.22. The number of carbonyl (C=O) groups is 1. The molecule has 0 aliphatic carbocycles. The molecule has 0 atom stereocenters. The van der Waals surface area contributed by atoms with E-state index in [1.807, 2.05) is 23.1 Å². The third kappa shape index (κ3) is 4.60. The van der Waals surface area contributed by atoms with Gasteiger partial charge < -0.3 is 9.42 Å². The lowest BCUT2D eigenvalue weighted by Gasteiger charge is -2.36. The first-order chi connectivity index (χ1) is 17.4. The third-order valence-electron chi connectivity index (χ3n) is 6.93. The van der Waals surface area contributed by atoms with Crippen LogP contribution in [0.1, 0.15) is 41.8 Å². The van der Waals surface area contributed by atoms with Gasteiger partial charge in [-0.3, -0.25) is 4.79 Å². The van der Waals surface area contributed by atoms with Crippen LogP contribution in [0.4, 0.5) is 10.1 Å². The van der Waals surface area contributed by atoms with Gasteiger partial charge in [0.05, 0.1) is 0 Å². The zero-order valence-electron chi connectivity index (χ0n) is 20.1. The SMILES string of the molecule is Cc1noc(C=Cc2ccccc2F)c1S(=O)(=O)N1CCC(C(=O)N2CCCc3ccccc32)CC1. The summed E-state index contributed by atoms with van der Waals surface area (Å²) in [6.45, 7) is 2.72. The molecular weight excluding hydrogens is 481 g/mol. The molecule has 2 aliphatic heterocycles. The van der Waals surface area contributed by atoms with Crippen LogP contribution in [-0.4, -0.2) is 43.4 Å². The van der Waals surface area contributed by atoms with Gasteiger partial charge in [0.2, 0.25) is 15.9 Å². The number of hydrogen-bond donors (Lipinski definition) is 0. The molecule has 0 unspecified atom stereocenters. The number of rotatable bonds is 5. The molecule has 1 amide bonds. The molecular formula is C27H28FN3O4S. The fourth-order valence-electron chi connectivity index (χ4n) is 5.03. The fourth-order valence-corrected chi connectivity index (χ4v) is 6.75. The van der Waals surface area contributed by atoms with Crippen LogP contribution in [0.3, 0.4) is 0 Å². The van der Waals surface area contributed by atoms with Crippen molar-refractivity contribution in [1.29, 1.82) is 0 Å². The summed E-state index contributed by atoms with van der Waals surface area (Å²) in [6.07, 6.45) is 5.67. The Balaban J connectivity index is 1.31. The van der Waals surface area contributed by atoms with Crippen LogP contribution in [-0.2, 0) is 21.2 Å². The number of hydrogen-bond acceptors (Lipinski definition) is 5. The summed E-state index contributed by atoms with van der Waals surface area (Å²) in [6, 6.07) is 14.2. The number of sulfonamides is 1. The van der Waals surface area contributed by atoms with Gasteiger partial charge in [-0.25, -0.2) is 12.8 Å². The number of aromatic nitrogens is 1. The number of nitrogens with zero attached hydrogens (tertiary/aromatic N) is 3. The van der Waals surface area contributed by atoms with Crippen molar-refractivity contribution in [2.24, 2.45) is 5.92 Å². The van der Waals surface area contributed by atoms with Crippen LogP contribution in [0.2, 0.25) is 0 Å². The maximum atomic E-state index is 14.0. The number of carbonyl (C=O) groups excluding carboxylic acids is 1. The Kier molecular flexibility index (Phi) is 6.77. The van der Waals surface area contributed by atoms with Crippen molar-refractivity contribution in [2.45, 2.75) is 37.5 Å². The Labute approximate surface area is 210 Å². The molecule has 0 bridgehead atoms. The Bertz CT molecular complexity index is 1410. The van der Waals surface area contributed by atoms with Gasteiger partial charge in [-0.1, -0.05) is 41.6 Å². The van der Waals surface area contributed by atoms with Crippen LogP contribution in [0.15, 0.2) is 57.9 Å². The third-order valence-corrected chi connectivity index (χ3v) is 8.99. The first-order valence-corrected chi connectivity index (χ1v) is 13.6. The highest BCUT2D eigenvalue weighted by Gasteiger charge is 2.37. The van der Waals surface area contributed by atoms with E-state index in [9.17, 15) is 17.6 Å². The number of para-hydroxylation sites is 1. The lowest BCUT2D eigenvalue weighted by Crippen LogP contribution is -2.45. The van der Waals surface area contributed by atoms with Crippen molar-refractivity contribution in [3.05, 3.63) is 76.9 Å². The average molecular weight is 510 g/mol. The topological polar surface area (TPSA) is 83.7 Å². The quantitative estimate of drug-likeness (QED) is 0.499. The van der Waals surface area contributed by atoms with Crippen molar-refractivity contribution >= 4 is 33.8 Å². The Morgan fingerprint density at radius 1 is 1.06 bits per heavy atom. The van der Waals surface area contributed by atoms with Crippen molar-refractivity contribution < 1.29 is 22.1 Å². The van der Waals surface area contributed by atoms with Gasteiger partial charge in [-0.05, 0) is 62.5 Å². The largest absolute Gasteiger partial charge is 0.355 e. The van der Waals surface area contributed by atoms with Gasteiger partial charge in [-0.15, -0.1) is 0 Å². The molecule has 188 valence electrons. The Morgan fingerprint density at radius 2 is 1.78 bits per heavy atom. The van der Waals surface area contributed by atoms with Gasteiger partial charge in [0.25, 0.3) is 0 Å². The highest BCUT2D eigenvalue weighted by molar-refractivity contribution is 7.89. The van der Waals surface area contributed by atoms with Crippen LogP contribution in [0, 0.1) is 18.7 Å². The van der Waals surface area contributed by atoms with Gasteiger partial charge in [-0.2, -0.15) is 4.31 Å². The lowest BCUT2D eigenvalue weighted by molar-refractivity contribution is -0.123. The normalized spacial score (nSPS) is 17.4. The van der Waals surface area contributed by atoms with E-state index < -0.39 is 15.8 Å². The van der Waals surface area contributed by atoms with Crippen LogP contribution >= 0.6 is 0 Å². The van der Waals surface area contributed by atoms with Crippen molar-refractivity contribution in [2.75, 3.05) is 24.5 Å². The molecule has 3 heterocycles. The van der Waals surface area contributed by atoms with Crippen molar-refractivity contribution in [3.63, 3.8) is 0 Å². The van der Waals surface area contributed by atoms with Crippen LogP contribution < -0.4 is 4.90 Å². The summed E-state index contributed by atoms with van der Waals surface area (Å²) in [5, 5.41) is 3.85. The Hall–Kier alpha value is -3.30. The molecule has 5 rings (SSSR count). The summed E-state index contributed by atoms with van der Waals surface area (Å²) < 4.78 is 47.7. The van der Waals surface area contributed by atoms with E-state index in [1.54, 1.807) is 25.1 Å². The molecule has 2 aromatic carbocycles. The van der Waals surface area contributed by atoms with E-state index in [1.165, 1.54) is 28.1 Å². The maximum Gasteiger partial charge on any atom is 0.248 e. The highest BCUT2D eigenvalue weighted by Crippen LogP contribution is 2.33. The molecule has 2 aliphatic rings. The minimum atomic E-state index is -3.91. The van der Waals surface area contributed by atoms with E-state index in [2.05, 4.69) is 11.2 Å². The number of fused-ring (bicyclic) bond motifs is 1. The summed E-state index contributed by atoms with van der Waals surface area (Å²) in [5.74, 6) is -0.531. The van der Waals surface area contributed by atoms with Gasteiger partial charge in [0, 0.05) is 36.8 Å². The van der Waals surface area contributed by atoms with Crippen molar-refractivity contribution in [1.82, 2.24) is 9.46 Å². The summed E-state index contributed by atoms with van der Waals surface area (Å²) in [7, 11) is -3.91. The summed E-state index contributed by atoms with van der Waals surface area (Å²) in [5.41, 5.74) is 2.70. The number of piperidine rings is 1. The second-order valence-corrected chi connectivity index (χ2v) is 11.1. The molecule has 1 fully saturated rings. The zero-order chi connectivity index (χ0) is 25.3. The minimum Gasteiger partial charge on any atom is -0.355 e. The molecule has 9 heteroatoms. The monoisotopic (exact) mass is 509 g/mol. The van der Waals surface area contributed by atoms with Gasteiger partial charge >= 0.3 is 0 Å². The molecule has 36 heavy (non-hydrogen) atoms. The fraction of sp³-hybridized carbons (Fsp3) is 0.333. The van der Waals surface area contributed by atoms with E-state index in [-0.39, 0.29) is 41.3 Å². The average Bonchev–Trinajstić information content (AvgIpc) is 3.28. The second kappa shape index (κ2) is 9.99. The minimum absolute atomic E-state index is 0.0233. The van der Waals surface area contributed by atoms with Crippen LogP contribution in [0.5, 0.6) is 0 Å². The smallest absolute Gasteiger partial charge is 0.248 e. The summed E-state index contributed by atoms with van der Waals surface area (Å²) >= 11 is 0. The first kappa shape index (κ1) is 24.4. The summed E-state index contributed by atoms with van der Waals surface area (Å²) in [4.78, 5) is 15.2. The first-order valence-electron chi connectivity index (χ1n) is 12.1. The number of halogens is 1. The molecule has 0 radical (unpaired) electrons. The molecule has 0 N–H and O–H groups in total. The Morgan fingerprint density at radius 3 is 2.56 bits per heavy atom. The number of aryl methyl sites for hydroxylation is 2. The molecule has 1 aromatic heterocycles. The van der Waals surface area contributed by atoms with Gasteiger partial charge in [0.1, 0.15) is 11.5 Å². The zero-order valence-corrected chi connectivity index (χ0v) is 20.9. The molecule has 1 saturated heterocycles. The van der Waals surface area contributed by atoms with Crippen LogP contribution in [0.25, 0.3) is 12.2 Å². The van der Waals surface area contributed by atoms with E-state index in [0.717, 1.165) is 18.5 Å². The number of anilines is 1. The predicted octanol–water partition coefficient (Wildman–Crippen LogP) is 4.67. The standard InChI is InChI=1S/C27H28FN3O4S/c1-19-26(25(35-29-19)13-12-20-7-2-4-10-23(20)28)36(33,34)30-17-14-22(15-18-30)27(32)31-16-6-9-21-8-3-5-11-24(21)31/h2-5,7-8,10-13,22H,6,9,14-18H2,1H3. The number of benzene rings is 2. The van der Waals surface area contributed by atoms with E-state index >= 15 is 0 Å². The molecule has 0 spiro atoms. The van der Waals surface area contributed by atoms with Crippen molar-refractivity contribution in [3.8, 4) is 0 Å². The predicted molar refractivity (Wildman–Crippen MR) is 135 cm³/mol. The highest BCUT2D eigenvalue weighted by atomic mass is 32.2. The lowest BCUT2D eigenvalue weighted by atomic mass is 9.94. The maximum absolute atomic E-state index is 14.0. The molecule has 7 nitrogen and oxygen atoms in total. The molecule has 0 saturated carbocycles. The molecule has 3 aromatic rings. The number of amides is 1. The van der Waals surface area contributed by atoms with E-state index in [4.69, 9.17) is 4.52 Å².